The lowest BCUT2D eigenvalue weighted by molar-refractivity contribution is 0.185. The molecule has 1 aliphatic rings. The maximum absolute atomic E-state index is 13.1. The molecule has 2 heterocycles. The molecule has 4 rings (SSSR count). The Kier molecular flexibility index (Phi) is 5.35. The van der Waals surface area contributed by atoms with Crippen LogP contribution < -0.4 is 14.8 Å². The first-order chi connectivity index (χ1) is 14.5. The van der Waals surface area contributed by atoms with E-state index in [2.05, 4.69) is 10.3 Å². The second-order valence-electron chi connectivity index (χ2n) is 7.38. The molecule has 1 N–H and O–H groups in total. The maximum Gasteiger partial charge on any atom is 0.322 e. The Labute approximate surface area is 175 Å². The minimum atomic E-state index is -0.194. The average Bonchev–Trinajstić information content (AvgIpc) is 3.10. The highest BCUT2D eigenvalue weighted by Crippen LogP contribution is 2.35. The molecule has 0 saturated carbocycles. The zero-order valence-electron chi connectivity index (χ0n) is 17.6. The highest BCUT2D eigenvalue weighted by atomic mass is 16.5. The SMILES string of the molecule is COc1ccc2c(c1)[C@@H](C)N(C(=O)Nc1ccc(C)c(-c3nc(C)co3)c1)CCO2. The van der Waals surface area contributed by atoms with Gasteiger partial charge in [0.25, 0.3) is 0 Å². The van der Waals surface area contributed by atoms with Gasteiger partial charge in [0.2, 0.25) is 5.89 Å². The molecule has 2 aromatic carbocycles. The van der Waals surface area contributed by atoms with Gasteiger partial charge >= 0.3 is 6.03 Å². The molecule has 156 valence electrons. The number of hydrogen-bond donors (Lipinski definition) is 1. The van der Waals surface area contributed by atoms with Gasteiger partial charge in [-0.25, -0.2) is 9.78 Å². The summed E-state index contributed by atoms with van der Waals surface area (Å²) in [6, 6.07) is 11.0. The number of aryl methyl sites for hydroxylation is 2. The number of anilines is 1. The molecule has 0 saturated heterocycles. The van der Waals surface area contributed by atoms with Crippen LogP contribution in [-0.4, -0.2) is 36.2 Å². The van der Waals surface area contributed by atoms with Crippen molar-refractivity contribution in [2.75, 3.05) is 25.6 Å². The minimum absolute atomic E-state index is 0.170. The number of fused-ring (bicyclic) bond motifs is 1. The second-order valence-corrected chi connectivity index (χ2v) is 7.38. The number of ether oxygens (including phenoxy) is 2. The van der Waals surface area contributed by atoms with Gasteiger partial charge in [-0.3, -0.25) is 0 Å². The summed E-state index contributed by atoms with van der Waals surface area (Å²) in [5.41, 5.74) is 4.28. The van der Waals surface area contributed by atoms with Crippen LogP contribution in [0.2, 0.25) is 0 Å². The van der Waals surface area contributed by atoms with E-state index in [0.29, 0.717) is 24.7 Å². The van der Waals surface area contributed by atoms with Crippen molar-refractivity contribution >= 4 is 11.7 Å². The van der Waals surface area contributed by atoms with Crippen molar-refractivity contribution in [3.63, 3.8) is 0 Å². The third-order valence-corrected chi connectivity index (χ3v) is 5.32. The summed E-state index contributed by atoms with van der Waals surface area (Å²) in [5.74, 6) is 2.05. The normalized spacial score (nSPS) is 15.7. The fourth-order valence-electron chi connectivity index (χ4n) is 3.61. The standard InChI is InChI=1S/C23H25N3O4/c1-14-5-6-17(11-19(14)22-24-15(2)13-30-22)25-23(27)26-9-10-29-21-8-7-18(28-4)12-20(21)16(26)3/h5-8,11-13,16H,9-10H2,1-4H3,(H,25,27)/t16-/m1/s1. The van der Waals surface area contributed by atoms with Crippen molar-refractivity contribution in [3.8, 4) is 23.0 Å². The van der Waals surface area contributed by atoms with E-state index in [-0.39, 0.29) is 12.1 Å². The number of hydrogen-bond acceptors (Lipinski definition) is 5. The van der Waals surface area contributed by atoms with Crippen LogP contribution in [0.1, 0.15) is 29.8 Å². The molecule has 0 aliphatic carbocycles. The summed E-state index contributed by atoms with van der Waals surface area (Å²) in [5, 5.41) is 3.00. The lowest BCUT2D eigenvalue weighted by Crippen LogP contribution is -2.38. The van der Waals surface area contributed by atoms with Gasteiger partial charge in [-0.2, -0.15) is 0 Å². The summed E-state index contributed by atoms with van der Waals surface area (Å²) in [6.45, 7) is 6.75. The Hall–Kier alpha value is -3.48. The third kappa shape index (κ3) is 3.83. The number of oxazole rings is 1. The first-order valence-corrected chi connectivity index (χ1v) is 9.88. The van der Waals surface area contributed by atoms with Gasteiger partial charge in [-0.1, -0.05) is 6.07 Å². The predicted octanol–water partition coefficient (Wildman–Crippen LogP) is 4.95. The molecule has 1 atom stereocenters. The topological polar surface area (TPSA) is 76.8 Å². The quantitative estimate of drug-likeness (QED) is 0.664. The zero-order valence-corrected chi connectivity index (χ0v) is 17.6. The van der Waals surface area contributed by atoms with Crippen molar-refractivity contribution < 1.29 is 18.7 Å². The molecule has 0 radical (unpaired) electrons. The van der Waals surface area contributed by atoms with Crippen molar-refractivity contribution in [1.82, 2.24) is 9.88 Å². The predicted molar refractivity (Wildman–Crippen MR) is 114 cm³/mol. The van der Waals surface area contributed by atoms with E-state index in [9.17, 15) is 4.79 Å². The number of methoxy groups -OCH3 is 1. The zero-order chi connectivity index (χ0) is 21.3. The molecule has 7 nitrogen and oxygen atoms in total. The van der Waals surface area contributed by atoms with Crippen molar-refractivity contribution in [2.24, 2.45) is 0 Å². The Morgan fingerprint density at radius 1 is 1.23 bits per heavy atom. The molecule has 1 aromatic heterocycles. The average molecular weight is 407 g/mol. The van der Waals surface area contributed by atoms with Crippen LogP contribution >= 0.6 is 0 Å². The minimum Gasteiger partial charge on any atom is -0.497 e. The lowest BCUT2D eigenvalue weighted by atomic mass is 10.1. The fraction of sp³-hybridized carbons (Fsp3) is 0.304. The van der Waals surface area contributed by atoms with Gasteiger partial charge in [-0.15, -0.1) is 0 Å². The number of amides is 2. The van der Waals surface area contributed by atoms with Crippen LogP contribution in [0.4, 0.5) is 10.5 Å². The molecule has 0 bridgehead atoms. The molecular weight excluding hydrogens is 382 g/mol. The van der Waals surface area contributed by atoms with E-state index in [1.165, 1.54) is 0 Å². The first kappa shape index (κ1) is 19.8. The summed E-state index contributed by atoms with van der Waals surface area (Å²) in [4.78, 5) is 19.3. The number of aromatic nitrogens is 1. The summed E-state index contributed by atoms with van der Waals surface area (Å²) < 4.78 is 16.7. The monoisotopic (exact) mass is 407 g/mol. The lowest BCUT2D eigenvalue weighted by Gasteiger charge is -2.27. The molecule has 7 heteroatoms. The van der Waals surface area contributed by atoms with Crippen LogP contribution in [0, 0.1) is 13.8 Å². The highest BCUT2D eigenvalue weighted by molar-refractivity contribution is 5.90. The largest absolute Gasteiger partial charge is 0.497 e. The van der Waals surface area contributed by atoms with Crippen LogP contribution in [0.3, 0.4) is 0 Å². The number of carbonyl (C=O) groups excluding carboxylic acids is 1. The molecule has 0 unspecified atom stereocenters. The molecule has 0 spiro atoms. The Balaban J connectivity index is 1.57. The Bertz CT molecular complexity index is 1080. The number of urea groups is 1. The van der Waals surface area contributed by atoms with E-state index >= 15 is 0 Å². The van der Waals surface area contributed by atoms with Gasteiger partial charge < -0.3 is 24.1 Å². The number of benzene rings is 2. The number of nitrogens with one attached hydrogen (secondary N) is 1. The first-order valence-electron chi connectivity index (χ1n) is 9.88. The van der Waals surface area contributed by atoms with E-state index in [0.717, 1.165) is 33.9 Å². The van der Waals surface area contributed by atoms with E-state index in [1.54, 1.807) is 18.3 Å². The molecule has 1 aliphatic heterocycles. The summed E-state index contributed by atoms with van der Waals surface area (Å²) in [7, 11) is 1.62. The van der Waals surface area contributed by atoms with Crippen LogP contribution in [-0.2, 0) is 0 Å². The van der Waals surface area contributed by atoms with E-state index in [1.807, 2.05) is 57.2 Å². The second kappa shape index (κ2) is 8.10. The van der Waals surface area contributed by atoms with Crippen LogP contribution in [0.25, 0.3) is 11.5 Å². The third-order valence-electron chi connectivity index (χ3n) is 5.32. The molecular formula is C23H25N3O4. The molecule has 30 heavy (non-hydrogen) atoms. The van der Waals surface area contributed by atoms with Crippen LogP contribution in [0.5, 0.6) is 11.5 Å². The van der Waals surface area contributed by atoms with E-state index in [4.69, 9.17) is 13.9 Å². The highest BCUT2D eigenvalue weighted by Gasteiger charge is 2.27. The van der Waals surface area contributed by atoms with Gasteiger partial charge in [0.05, 0.1) is 25.4 Å². The molecule has 0 fully saturated rings. The van der Waals surface area contributed by atoms with Crippen molar-refractivity contribution in [2.45, 2.75) is 26.8 Å². The number of nitrogens with zero attached hydrogens (tertiary/aromatic N) is 2. The fourth-order valence-corrected chi connectivity index (χ4v) is 3.61. The van der Waals surface area contributed by atoms with Gasteiger partial charge in [-0.05, 0) is 56.7 Å². The number of rotatable bonds is 3. The van der Waals surface area contributed by atoms with Gasteiger partial charge in [0.1, 0.15) is 24.4 Å². The summed E-state index contributed by atoms with van der Waals surface area (Å²) in [6.07, 6.45) is 1.62. The number of carbonyl (C=O) groups is 1. The Morgan fingerprint density at radius 2 is 2.07 bits per heavy atom. The maximum atomic E-state index is 13.1. The molecule has 3 aromatic rings. The van der Waals surface area contributed by atoms with Crippen molar-refractivity contribution in [1.29, 1.82) is 0 Å². The molecule has 2 amide bonds. The van der Waals surface area contributed by atoms with Gasteiger partial charge in [0.15, 0.2) is 0 Å². The van der Waals surface area contributed by atoms with Crippen molar-refractivity contribution in [3.05, 3.63) is 59.5 Å². The smallest absolute Gasteiger partial charge is 0.322 e. The summed E-state index contributed by atoms with van der Waals surface area (Å²) >= 11 is 0. The van der Waals surface area contributed by atoms with Crippen LogP contribution in [0.15, 0.2) is 47.1 Å². The van der Waals surface area contributed by atoms with Gasteiger partial charge in [0, 0.05) is 16.8 Å². The van der Waals surface area contributed by atoms with E-state index < -0.39 is 0 Å². The Morgan fingerprint density at radius 3 is 2.80 bits per heavy atom.